The highest BCUT2D eigenvalue weighted by molar-refractivity contribution is 5.97. The molecule has 0 aromatic heterocycles. The maximum atomic E-state index is 12.6. The number of anilines is 1. The highest BCUT2D eigenvalue weighted by atomic mass is 16.6. The molecule has 3 aromatic carbocycles. The molecule has 0 bridgehead atoms. The standard InChI is InChI=1S/C27H26N2O7/c1-19-6-10-22(11-7-19)36-27(33)28(17-26(31)32)16-20-8-12-21(13-9-20)34-15-14-29-23-4-2-3-5-24(23)35-18-25(29)30/h2-13H,14-18H2,1H3,(H,31,32). The van der Waals surface area contributed by atoms with Gasteiger partial charge in [0.15, 0.2) is 6.61 Å². The molecule has 0 radical (unpaired) electrons. The van der Waals surface area contributed by atoms with Crippen LogP contribution in [-0.4, -0.2) is 54.3 Å². The number of rotatable bonds is 9. The van der Waals surface area contributed by atoms with Gasteiger partial charge >= 0.3 is 12.1 Å². The second-order valence-corrected chi connectivity index (χ2v) is 8.23. The highest BCUT2D eigenvalue weighted by Gasteiger charge is 2.25. The van der Waals surface area contributed by atoms with Gasteiger partial charge in [-0.05, 0) is 48.9 Å². The Balaban J connectivity index is 1.33. The van der Waals surface area contributed by atoms with Crippen molar-refractivity contribution in [2.45, 2.75) is 13.5 Å². The highest BCUT2D eigenvalue weighted by Crippen LogP contribution is 2.31. The van der Waals surface area contributed by atoms with Crippen molar-refractivity contribution < 1.29 is 33.7 Å². The number of ether oxygens (including phenoxy) is 3. The third-order valence-electron chi connectivity index (χ3n) is 5.50. The smallest absolute Gasteiger partial charge is 0.416 e. The number of carbonyl (C=O) groups is 3. The molecular formula is C27H26N2O7. The minimum atomic E-state index is -1.14. The number of benzene rings is 3. The van der Waals surface area contributed by atoms with E-state index in [-0.39, 0.29) is 25.7 Å². The summed E-state index contributed by atoms with van der Waals surface area (Å²) in [5.41, 5.74) is 2.44. The van der Waals surface area contributed by atoms with Gasteiger partial charge in [-0.2, -0.15) is 0 Å². The Morgan fingerprint density at radius 2 is 1.69 bits per heavy atom. The molecular weight excluding hydrogens is 464 g/mol. The van der Waals surface area contributed by atoms with Crippen molar-refractivity contribution in [3.05, 3.63) is 83.9 Å². The zero-order valence-corrected chi connectivity index (χ0v) is 19.8. The number of carboxylic acids is 1. The summed E-state index contributed by atoms with van der Waals surface area (Å²) < 4.78 is 16.6. The average molecular weight is 491 g/mol. The molecule has 36 heavy (non-hydrogen) atoms. The van der Waals surface area contributed by atoms with Gasteiger partial charge in [0, 0.05) is 6.54 Å². The van der Waals surface area contributed by atoms with E-state index in [9.17, 15) is 19.5 Å². The van der Waals surface area contributed by atoms with Gasteiger partial charge in [-0.1, -0.05) is 42.0 Å². The molecule has 1 N–H and O–H groups in total. The molecule has 2 amide bonds. The van der Waals surface area contributed by atoms with Crippen LogP contribution in [0.25, 0.3) is 0 Å². The second kappa shape index (κ2) is 11.3. The van der Waals surface area contributed by atoms with E-state index in [0.29, 0.717) is 35.0 Å². The first-order valence-electron chi connectivity index (χ1n) is 11.4. The largest absolute Gasteiger partial charge is 0.492 e. The monoisotopic (exact) mass is 490 g/mol. The van der Waals surface area contributed by atoms with Crippen LogP contribution in [0, 0.1) is 6.92 Å². The van der Waals surface area contributed by atoms with Crippen molar-refractivity contribution in [3.8, 4) is 17.2 Å². The van der Waals surface area contributed by atoms with Crippen LogP contribution in [0.3, 0.4) is 0 Å². The number of amides is 2. The van der Waals surface area contributed by atoms with Crippen LogP contribution in [0.5, 0.6) is 17.2 Å². The Bertz CT molecular complexity index is 1230. The minimum absolute atomic E-state index is 0.00903. The van der Waals surface area contributed by atoms with Crippen LogP contribution in [0.2, 0.25) is 0 Å². The second-order valence-electron chi connectivity index (χ2n) is 8.23. The first kappa shape index (κ1) is 24.6. The number of hydrogen-bond donors (Lipinski definition) is 1. The van der Waals surface area contributed by atoms with Gasteiger partial charge in [-0.15, -0.1) is 0 Å². The third kappa shape index (κ3) is 6.32. The minimum Gasteiger partial charge on any atom is -0.492 e. The molecule has 3 aromatic rings. The van der Waals surface area contributed by atoms with Crippen molar-refractivity contribution in [2.24, 2.45) is 0 Å². The summed E-state index contributed by atoms with van der Waals surface area (Å²) in [6.45, 7) is 2.09. The fourth-order valence-electron chi connectivity index (χ4n) is 3.69. The number of fused-ring (bicyclic) bond motifs is 1. The lowest BCUT2D eigenvalue weighted by molar-refractivity contribution is -0.138. The maximum absolute atomic E-state index is 12.6. The maximum Gasteiger partial charge on any atom is 0.416 e. The van der Waals surface area contributed by atoms with Gasteiger partial charge < -0.3 is 24.2 Å². The molecule has 0 aliphatic carbocycles. The number of hydrogen-bond acceptors (Lipinski definition) is 6. The molecule has 0 saturated heterocycles. The van der Waals surface area contributed by atoms with E-state index in [1.807, 2.05) is 31.2 Å². The molecule has 0 spiro atoms. The van der Waals surface area contributed by atoms with Crippen molar-refractivity contribution in [1.82, 2.24) is 4.90 Å². The van der Waals surface area contributed by atoms with Crippen LogP contribution in [0.4, 0.5) is 10.5 Å². The first-order chi connectivity index (χ1) is 17.4. The first-order valence-corrected chi connectivity index (χ1v) is 11.4. The number of aliphatic carboxylic acids is 1. The lowest BCUT2D eigenvalue weighted by Gasteiger charge is -2.29. The normalized spacial score (nSPS) is 12.4. The number of aryl methyl sites for hydroxylation is 1. The van der Waals surface area contributed by atoms with Crippen LogP contribution in [0.1, 0.15) is 11.1 Å². The summed E-state index contributed by atoms with van der Waals surface area (Å²) in [5, 5.41) is 9.24. The summed E-state index contributed by atoms with van der Waals surface area (Å²) in [4.78, 5) is 38.9. The van der Waals surface area contributed by atoms with Crippen LogP contribution in [0.15, 0.2) is 72.8 Å². The van der Waals surface area contributed by atoms with Gasteiger partial charge in [-0.3, -0.25) is 14.5 Å². The Labute approximate surface area is 208 Å². The summed E-state index contributed by atoms with van der Waals surface area (Å²) >= 11 is 0. The predicted octanol–water partition coefficient (Wildman–Crippen LogP) is 3.89. The molecule has 9 heteroatoms. The Hall–Kier alpha value is -4.53. The lowest BCUT2D eigenvalue weighted by Crippen LogP contribution is -2.41. The molecule has 0 atom stereocenters. The molecule has 1 aliphatic rings. The SMILES string of the molecule is Cc1ccc(OC(=O)N(CC(=O)O)Cc2ccc(OCCN3C(=O)COc4ccccc43)cc2)cc1. The lowest BCUT2D eigenvalue weighted by atomic mass is 10.2. The number of para-hydroxylation sites is 2. The van der Waals surface area contributed by atoms with E-state index in [1.165, 1.54) is 0 Å². The number of carboxylic acid groups (broad SMARTS) is 1. The van der Waals surface area contributed by atoms with Crippen molar-refractivity contribution in [2.75, 3.05) is 31.2 Å². The van der Waals surface area contributed by atoms with Crippen molar-refractivity contribution in [1.29, 1.82) is 0 Å². The molecule has 0 unspecified atom stereocenters. The van der Waals surface area contributed by atoms with Crippen LogP contribution >= 0.6 is 0 Å². The van der Waals surface area contributed by atoms with Crippen LogP contribution < -0.4 is 19.1 Å². The predicted molar refractivity (Wildman–Crippen MR) is 131 cm³/mol. The van der Waals surface area contributed by atoms with Gasteiger partial charge in [0.2, 0.25) is 0 Å². The van der Waals surface area contributed by atoms with Gasteiger partial charge in [0.05, 0.1) is 12.2 Å². The van der Waals surface area contributed by atoms with E-state index in [4.69, 9.17) is 14.2 Å². The van der Waals surface area contributed by atoms with Gasteiger partial charge in [0.1, 0.15) is 30.4 Å². The van der Waals surface area contributed by atoms with E-state index in [2.05, 4.69) is 0 Å². The number of carbonyl (C=O) groups excluding carboxylic acids is 2. The molecule has 186 valence electrons. The third-order valence-corrected chi connectivity index (χ3v) is 5.50. The van der Waals surface area contributed by atoms with Gasteiger partial charge in [-0.25, -0.2) is 4.79 Å². The zero-order chi connectivity index (χ0) is 25.5. The fourth-order valence-corrected chi connectivity index (χ4v) is 3.69. The molecule has 9 nitrogen and oxygen atoms in total. The summed E-state index contributed by atoms with van der Waals surface area (Å²) in [5.74, 6) is 0.304. The average Bonchev–Trinajstić information content (AvgIpc) is 2.87. The molecule has 4 rings (SSSR count). The summed E-state index contributed by atoms with van der Waals surface area (Å²) in [6, 6.07) is 21.2. The van der Waals surface area contributed by atoms with Crippen LogP contribution in [-0.2, 0) is 16.1 Å². The summed E-state index contributed by atoms with van der Waals surface area (Å²) in [6.07, 6.45) is -0.753. The number of nitrogens with zero attached hydrogens (tertiary/aromatic N) is 2. The quantitative estimate of drug-likeness (QED) is 0.485. The summed E-state index contributed by atoms with van der Waals surface area (Å²) in [7, 11) is 0. The Morgan fingerprint density at radius 3 is 2.42 bits per heavy atom. The van der Waals surface area contributed by atoms with E-state index < -0.39 is 18.6 Å². The Kier molecular flexibility index (Phi) is 7.69. The van der Waals surface area contributed by atoms with Crippen molar-refractivity contribution >= 4 is 23.7 Å². The van der Waals surface area contributed by atoms with Crippen molar-refractivity contribution in [3.63, 3.8) is 0 Å². The topological polar surface area (TPSA) is 106 Å². The van der Waals surface area contributed by atoms with E-state index in [0.717, 1.165) is 10.5 Å². The van der Waals surface area contributed by atoms with E-state index >= 15 is 0 Å². The molecule has 1 heterocycles. The Morgan fingerprint density at radius 1 is 1.00 bits per heavy atom. The molecule has 0 saturated carbocycles. The fraction of sp³-hybridized carbons (Fsp3) is 0.222. The van der Waals surface area contributed by atoms with E-state index in [1.54, 1.807) is 53.4 Å². The molecule has 1 aliphatic heterocycles. The molecule has 0 fully saturated rings. The van der Waals surface area contributed by atoms with Gasteiger partial charge in [0.25, 0.3) is 5.91 Å². The zero-order valence-electron chi connectivity index (χ0n) is 19.8.